The van der Waals surface area contributed by atoms with Crippen LogP contribution in [0, 0.1) is 12.3 Å². The minimum absolute atomic E-state index is 0.0492. The largest absolute Gasteiger partial charge is 0.469 e. The number of hydrogen-bond acceptors (Lipinski definition) is 4. The van der Waals surface area contributed by atoms with E-state index in [-0.39, 0.29) is 23.8 Å². The number of hydrogen-bond donors (Lipinski definition) is 1. The van der Waals surface area contributed by atoms with E-state index in [1.54, 1.807) is 12.1 Å². The summed E-state index contributed by atoms with van der Waals surface area (Å²) in [6.45, 7) is -0.0492. The second kappa shape index (κ2) is 6.92. The molecule has 1 aromatic carbocycles. The zero-order valence-electron chi connectivity index (χ0n) is 10.5. The highest BCUT2D eigenvalue weighted by Crippen LogP contribution is 2.11. The van der Waals surface area contributed by atoms with Gasteiger partial charge in [-0.2, -0.15) is 4.72 Å². The van der Waals surface area contributed by atoms with Gasteiger partial charge in [0.2, 0.25) is 10.0 Å². The molecule has 0 amide bonds. The Morgan fingerprint density at radius 3 is 2.53 bits per heavy atom. The molecule has 1 N–H and O–H groups in total. The van der Waals surface area contributed by atoms with Crippen molar-refractivity contribution in [3.63, 3.8) is 0 Å². The smallest absolute Gasteiger partial charge is 0.305 e. The Kier molecular flexibility index (Phi) is 5.55. The number of nitrogens with one attached hydrogen (secondary N) is 1. The van der Waals surface area contributed by atoms with E-state index >= 15 is 0 Å². The van der Waals surface area contributed by atoms with Crippen LogP contribution in [0.1, 0.15) is 12.0 Å². The van der Waals surface area contributed by atoms with Crippen LogP contribution in [-0.4, -0.2) is 28.0 Å². The van der Waals surface area contributed by atoms with Gasteiger partial charge in [-0.25, -0.2) is 8.42 Å². The fourth-order valence-electron chi connectivity index (χ4n) is 1.40. The zero-order valence-corrected chi connectivity index (χ0v) is 11.4. The lowest BCUT2D eigenvalue weighted by molar-refractivity contribution is -0.140. The maximum absolute atomic E-state index is 11.7. The van der Waals surface area contributed by atoms with Crippen LogP contribution in [0.15, 0.2) is 29.2 Å². The van der Waals surface area contributed by atoms with Crippen LogP contribution >= 0.6 is 0 Å². The molecular weight excluding hydrogens is 266 g/mol. The predicted octanol–water partition coefficient (Wildman–Crippen LogP) is 0.704. The van der Waals surface area contributed by atoms with Crippen molar-refractivity contribution in [2.24, 2.45) is 0 Å². The third kappa shape index (κ3) is 4.73. The van der Waals surface area contributed by atoms with Crippen LogP contribution in [0.3, 0.4) is 0 Å². The Bertz CT molecular complexity index is 570. The normalized spacial score (nSPS) is 10.7. The van der Waals surface area contributed by atoms with Gasteiger partial charge < -0.3 is 4.74 Å². The highest BCUT2D eigenvalue weighted by Gasteiger charge is 2.12. The summed E-state index contributed by atoms with van der Waals surface area (Å²) in [6, 6.07) is 6.28. The van der Waals surface area contributed by atoms with Gasteiger partial charge in [-0.15, -0.1) is 6.42 Å². The van der Waals surface area contributed by atoms with Gasteiger partial charge in [-0.1, -0.05) is 18.1 Å². The van der Waals surface area contributed by atoms with E-state index in [4.69, 9.17) is 6.42 Å². The highest BCUT2D eigenvalue weighted by atomic mass is 32.2. The molecule has 0 radical (unpaired) electrons. The van der Waals surface area contributed by atoms with Gasteiger partial charge in [0.25, 0.3) is 0 Å². The fraction of sp³-hybridized carbons (Fsp3) is 0.308. The minimum atomic E-state index is -3.56. The second-order valence-electron chi connectivity index (χ2n) is 3.75. The molecular formula is C13H15NO4S. The van der Waals surface area contributed by atoms with Gasteiger partial charge in [-0.3, -0.25) is 4.79 Å². The maximum atomic E-state index is 11.7. The maximum Gasteiger partial charge on any atom is 0.305 e. The molecule has 102 valence electrons. The van der Waals surface area contributed by atoms with Gasteiger partial charge in [0, 0.05) is 6.42 Å². The molecule has 1 rings (SSSR count). The van der Waals surface area contributed by atoms with Crippen molar-refractivity contribution >= 4 is 16.0 Å². The van der Waals surface area contributed by atoms with Crippen LogP contribution < -0.4 is 4.72 Å². The summed E-state index contributed by atoms with van der Waals surface area (Å²) in [7, 11) is -2.23. The Labute approximate surface area is 113 Å². The van der Waals surface area contributed by atoms with Crippen molar-refractivity contribution in [2.45, 2.75) is 17.7 Å². The number of terminal acetylenes is 1. The molecule has 19 heavy (non-hydrogen) atoms. The molecule has 0 spiro atoms. The SMILES string of the molecule is C#CCNS(=O)(=O)c1ccc(CCC(=O)OC)cc1. The molecule has 1 aromatic rings. The lowest BCUT2D eigenvalue weighted by Gasteiger charge is -2.05. The Morgan fingerprint density at radius 2 is 2.00 bits per heavy atom. The van der Waals surface area contributed by atoms with Crippen molar-refractivity contribution in [2.75, 3.05) is 13.7 Å². The number of methoxy groups -OCH3 is 1. The van der Waals surface area contributed by atoms with Crippen LogP contribution in [-0.2, 0) is 26.0 Å². The molecule has 0 saturated carbocycles. The van der Waals surface area contributed by atoms with Gasteiger partial charge >= 0.3 is 5.97 Å². The van der Waals surface area contributed by atoms with Crippen molar-refractivity contribution in [1.29, 1.82) is 0 Å². The monoisotopic (exact) mass is 281 g/mol. The lowest BCUT2D eigenvalue weighted by Crippen LogP contribution is -2.23. The van der Waals surface area contributed by atoms with E-state index in [0.29, 0.717) is 6.42 Å². The topological polar surface area (TPSA) is 72.5 Å². The standard InChI is InChI=1S/C13H15NO4S/c1-3-10-14-19(16,17)12-7-4-11(5-8-12)6-9-13(15)18-2/h1,4-5,7-8,14H,6,9-10H2,2H3. The average molecular weight is 281 g/mol. The molecule has 0 heterocycles. The van der Waals surface area contributed by atoms with Gasteiger partial charge in [0.15, 0.2) is 0 Å². The van der Waals surface area contributed by atoms with Crippen molar-refractivity contribution in [3.05, 3.63) is 29.8 Å². The molecule has 0 aromatic heterocycles. The quantitative estimate of drug-likeness (QED) is 0.615. The summed E-state index contributed by atoms with van der Waals surface area (Å²) in [4.78, 5) is 11.1. The molecule has 6 heteroatoms. The molecule has 0 unspecified atom stereocenters. The molecule has 0 aliphatic rings. The number of benzene rings is 1. The highest BCUT2D eigenvalue weighted by molar-refractivity contribution is 7.89. The van der Waals surface area contributed by atoms with Crippen LogP contribution in [0.5, 0.6) is 0 Å². The Hall–Kier alpha value is -1.84. The summed E-state index contributed by atoms with van der Waals surface area (Å²) in [5, 5.41) is 0. The second-order valence-corrected chi connectivity index (χ2v) is 5.52. The van der Waals surface area contributed by atoms with Gasteiger partial charge in [0.05, 0.1) is 18.6 Å². The summed E-state index contributed by atoms with van der Waals surface area (Å²) < 4.78 is 30.3. The predicted molar refractivity (Wildman–Crippen MR) is 70.8 cm³/mol. The molecule has 0 aliphatic heterocycles. The lowest BCUT2D eigenvalue weighted by atomic mass is 10.1. The molecule has 0 aliphatic carbocycles. The molecule has 0 fully saturated rings. The number of ether oxygens (including phenoxy) is 1. The molecule has 5 nitrogen and oxygen atoms in total. The molecule has 0 saturated heterocycles. The summed E-state index contributed by atoms with van der Waals surface area (Å²) in [5.41, 5.74) is 0.862. The first kappa shape index (κ1) is 15.2. The third-order valence-corrected chi connectivity index (χ3v) is 3.86. The van der Waals surface area contributed by atoms with Crippen molar-refractivity contribution in [1.82, 2.24) is 4.72 Å². The summed E-state index contributed by atoms with van der Waals surface area (Å²) >= 11 is 0. The van der Waals surface area contributed by atoms with Crippen molar-refractivity contribution in [3.8, 4) is 12.3 Å². The molecule has 0 bridgehead atoms. The van der Waals surface area contributed by atoms with Gasteiger partial charge in [-0.05, 0) is 24.1 Å². The fourth-order valence-corrected chi connectivity index (χ4v) is 2.34. The van der Waals surface area contributed by atoms with E-state index in [1.807, 2.05) is 0 Å². The summed E-state index contributed by atoms with van der Waals surface area (Å²) in [6.07, 6.45) is 5.76. The number of aryl methyl sites for hydroxylation is 1. The average Bonchev–Trinajstić information content (AvgIpc) is 2.43. The van der Waals surface area contributed by atoms with E-state index < -0.39 is 10.0 Å². The number of carbonyl (C=O) groups is 1. The minimum Gasteiger partial charge on any atom is -0.469 e. The zero-order chi connectivity index (χ0) is 14.3. The number of carbonyl (C=O) groups excluding carboxylic acids is 1. The number of sulfonamides is 1. The van der Waals surface area contributed by atoms with E-state index in [1.165, 1.54) is 19.2 Å². The third-order valence-electron chi connectivity index (χ3n) is 2.44. The number of rotatable bonds is 6. The van der Waals surface area contributed by atoms with Crippen LogP contribution in [0.4, 0.5) is 0 Å². The number of esters is 1. The van der Waals surface area contributed by atoms with Crippen molar-refractivity contribution < 1.29 is 17.9 Å². The van der Waals surface area contributed by atoms with Crippen LogP contribution in [0.25, 0.3) is 0 Å². The first-order valence-corrected chi connectivity index (χ1v) is 7.07. The first-order valence-electron chi connectivity index (χ1n) is 5.58. The van der Waals surface area contributed by atoms with Crippen LogP contribution in [0.2, 0.25) is 0 Å². The van der Waals surface area contributed by atoms with E-state index in [9.17, 15) is 13.2 Å². The molecule has 0 atom stereocenters. The van der Waals surface area contributed by atoms with E-state index in [2.05, 4.69) is 15.4 Å². The summed E-state index contributed by atoms with van der Waals surface area (Å²) in [5.74, 6) is 1.90. The Morgan fingerprint density at radius 1 is 1.37 bits per heavy atom. The Balaban J connectivity index is 2.71. The van der Waals surface area contributed by atoms with Gasteiger partial charge in [0.1, 0.15) is 0 Å². The van der Waals surface area contributed by atoms with E-state index in [0.717, 1.165) is 5.56 Å². The first-order chi connectivity index (χ1) is 8.99.